The van der Waals surface area contributed by atoms with Crippen molar-refractivity contribution in [2.75, 3.05) is 12.9 Å². The van der Waals surface area contributed by atoms with Gasteiger partial charge in [-0.15, -0.1) is 11.8 Å². The minimum atomic E-state index is -0.110. The predicted molar refractivity (Wildman–Crippen MR) is 88.5 cm³/mol. The topological polar surface area (TPSA) is 39.2 Å². The molecular formula is C16H16BrNO2S. The summed E-state index contributed by atoms with van der Waals surface area (Å²) in [6.45, 7) is 0. The lowest BCUT2D eigenvalue weighted by atomic mass is 10.1. The molecular weight excluding hydrogens is 350 g/mol. The third kappa shape index (κ3) is 3.24. The van der Waals surface area contributed by atoms with E-state index in [1.807, 2.05) is 24.4 Å². The van der Waals surface area contributed by atoms with Gasteiger partial charge < -0.3 is 4.74 Å². The number of nitrogens with zero attached hydrogens (tertiary/aromatic N) is 1. The molecule has 0 unspecified atom stereocenters. The lowest BCUT2D eigenvalue weighted by Crippen LogP contribution is -2.13. The Morgan fingerprint density at radius 3 is 2.90 bits per heavy atom. The zero-order chi connectivity index (χ0) is 14.9. The molecule has 0 saturated heterocycles. The summed E-state index contributed by atoms with van der Waals surface area (Å²) in [6.07, 6.45) is 4.56. The Morgan fingerprint density at radius 2 is 2.19 bits per heavy atom. The summed E-state index contributed by atoms with van der Waals surface area (Å²) in [5.74, 6) is 0.808. The second kappa shape index (κ2) is 5.97. The summed E-state index contributed by atoms with van der Waals surface area (Å²) in [5, 5.41) is 3.36. The first-order chi connectivity index (χ1) is 10.1. The van der Waals surface area contributed by atoms with E-state index in [1.165, 1.54) is 12.5 Å². The molecule has 3 nitrogen and oxygen atoms in total. The van der Waals surface area contributed by atoms with Crippen LogP contribution in [-0.2, 0) is 9.53 Å². The highest BCUT2D eigenvalue weighted by atomic mass is 79.9. The van der Waals surface area contributed by atoms with E-state index in [0.717, 1.165) is 33.5 Å². The van der Waals surface area contributed by atoms with E-state index in [-0.39, 0.29) is 11.4 Å². The Morgan fingerprint density at radius 1 is 1.38 bits per heavy atom. The van der Waals surface area contributed by atoms with Crippen molar-refractivity contribution < 1.29 is 9.53 Å². The highest BCUT2D eigenvalue weighted by Crippen LogP contribution is 2.52. The first-order valence-electron chi connectivity index (χ1n) is 6.86. The van der Waals surface area contributed by atoms with Crippen LogP contribution in [0, 0.1) is 5.41 Å². The largest absolute Gasteiger partial charge is 0.469 e. The Bertz CT molecular complexity index is 685. The van der Waals surface area contributed by atoms with E-state index >= 15 is 0 Å². The quantitative estimate of drug-likeness (QED) is 0.580. The standard InChI is InChI=1S/C16H16BrNO2S/c1-20-14(19)9-16(6-7-16)10-21-15-12-3-2-4-13(17)11(12)5-8-18-15/h2-5,8H,6-7,9-10H2,1H3. The van der Waals surface area contributed by atoms with Crippen molar-refractivity contribution in [1.82, 2.24) is 4.98 Å². The fraction of sp³-hybridized carbons (Fsp3) is 0.375. The molecule has 1 aromatic heterocycles. The van der Waals surface area contributed by atoms with Crippen LogP contribution in [0.25, 0.3) is 10.8 Å². The molecule has 1 aliphatic carbocycles. The van der Waals surface area contributed by atoms with Crippen LogP contribution < -0.4 is 0 Å². The zero-order valence-corrected chi connectivity index (χ0v) is 14.2. The summed E-state index contributed by atoms with van der Waals surface area (Å²) in [6, 6.07) is 8.18. The minimum absolute atomic E-state index is 0.110. The molecule has 2 aromatic rings. The molecule has 3 rings (SSSR count). The monoisotopic (exact) mass is 365 g/mol. The average molecular weight is 366 g/mol. The predicted octanol–water partition coefficient (Wildman–Crippen LogP) is 4.43. The van der Waals surface area contributed by atoms with Crippen molar-refractivity contribution in [2.45, 2.75) is 24.3 Å². The Kier molecular flexibility index (Phi) is 4.22. The molecule has 1 heterocycles. The molecule has 0 atom stereocenters. The van der Waals surface area contributed by atoms with Crippen molar-refractivity contribution in [3.63, 3.8) is 0 Å². The SMILES string of the molecule is COC(=O)CC1(CSc2nccc3c(Br)cccc23)CC1. The van der Waals surface area contributed by atoms with Gasteiger partial charge in [-0.2, -0.15) is 0 Å². The fourth-order valence-electron chi connectivity index (χ4n) is 2.41. The second-order valence-corrected chi connectivity index (χ2v) is 7.31. The number of pyridine rings is 1. The van der Waals surface area contributed by atoms with Gasteiger partial charge in [0, 0.05) is 27.2 Å². The lowest BCUT2D eigenvalue weighted by molar-refractivity contribution is -0.141. The van der Waals surface area contributed by atoms with Crippen molar-refractivity contribution in [3.05, 3.63) is 34.9 Å². The van der Waals surface area contributed by atoms with Gasteiger partial charge in [0.2, 0.25) is 0 Å². The van der Waals surface area contributed by atoms with Crippen LogP contribution in [0.2, 0.25) is 0 Å². The number of carbonyl (C=O) groups is 1. The molecule has 1 aliphatic rings. The van der Waals surface area contributed by atoms with Crippen LogP contribution in [0.1, 0.15) is 19.3 Å². The van der Waals surface area contributed by atoms with Gasteiger partial charge in [-0.1, -0.05) is 28.1 Å². The summed E-state index contributed by atoms with van der Waals surface area (Å²) >= 11 is 5.32. The van der Waals surface area contributed by atoms with Gasteiger partial charge in [0.15, 0.2) is 0 Å². The number of hydrogen-bond acceptors (Lipinski definition) is 4. The van der Waals surface area contributed by atoms with Gasteiger partial charge in [-0.25, -0.2) is 4.98 Å². The highest BCUT2D eigenvalue weighted by Gasteiger charge is 2.44. The number of esters is 1. The molecule has 0 spiro atoms. The number of rotatable bonds is 5. The molecule has 0 bridgehead atoms. The first-order valence-corrected chi connectivity index (χ1v) is 8.64. The van der Waals surface area contributed by atoms with Crippen LogP contribution in [0.5, 0.6) is 0 Å². The molecule has 0 aliphatic heterocycles. The lowest BCUT2D eigenvalue weighted by Gasteiger charge is -2.13. The maximum absolute atomic E-state index is 11.5. The van der Waals surface area contributed by atoms with E-state index in [0.29, 0.717) is 6.42 Å². The number of thioether (sulfide) groups is 1. The van der Waals surface area contributed by atoms with Crippen molar-refractivity contribution >= 4 is 44.4 Å². The fourth-order valence-corrected chi connectivity index (χ4v) is 4.21. The highest BCUT2D eigenvalue weighted by molar-refractivity contribution is 9.10. The minimum Gasteiger partial charge on any atom is -0.469 e. The number of benzene rings is 1. The Hall–Kier alpha value is -1.07. The molecule has 5 heteroatoms. The van der Waals surface area contributed by atoms with Crippen LogP contribution in [0.4, 0.5) is 0 Å². The maximum atomic E-state index is 11.5. The van der Waals surface area contributed by atoms with Crippen LogP contribution in [0.3, 0.4) is 0 Å². The summed E-state index contributed by atoms with van der Waals surface area (Å²) in [7, 11) is 1.45. The van der Waals surface area contributed by atoms with Crippen LogP contribution in [0.15, 0.2) is 40.0 Å². The van der Waals surface area contributed by atoms with E-state index in [2.05, 4.69) is 27.0 Å². The van der Waals surface area contributed by atoms with Gasteiger partial charge in [0.05, 0.1) is 13.5 Å². The van der Waals surface area contributed by atoms with E-state index < -0.39 is 0 Å². The number of carbonyl (C=O) groups excluding carboxylic acids is 1. The summed E-state index contributed by atoms with van der Waals surface area (Å²) in [4.78, 5) is 16.0. The number of halogens is 1. The second-order valence-electron chi connectivity index (χ2n) is 5.49. The van der Waals surface area contributed by atoms with Crippen molar-refractivity contribution in [3.8, 4) is 0 Å². The van der Waals surface area contributed by atoms with Crippen LogP contribution in [-0.4, -0.2) is 23.8 Å². The molecule has 0 amide bonds. The van der Waals surface area contributed by atoms with Crippen molar-refractivity contribution in [1.29, 1.82) is 0 Å². The van der Waals surface area contributed by atoms with Gasteiger partial charge in [0.1, 0.15) is 5.03 Å². The molecule has 0 N–H and O–H groups in total. The van der Waals surface area contributed by atoms with Gasteiger partial charge >= 0.3 is 5.97 Å². The first kappa shape index (κ1) is 14.9. The number of aromatic nitrogens is 1. The Labute approximate surface area is 136 Å². The van der Waals surface area contributed by atoms with Gasteiger partial charge in [-0.05, 0) is 30.4 Å². The van der Waals surface area contributed by atoms with E-state index in [9.17, 15) is 4.79 Å². The summed E-state index contributed by atoms with van der Waals surface area (Å²) < 4.78 is 5.88. The molecule has 1 aromatic carbocycles. The molecule has 1 saturated carbocycles. The number of methoxy groups -OCH3 is 1. The zero-order valence-electron chi connectivity index (χ0n) is 11.8. The molecule has 110 valence electrons. The smallest absolute Gasteiger partial charge is 0.306 e. The Balaban J connectivity index is 1.77. The maximum Gasteiger partial charge on any atom is 0.306 e. The number of hydrogen-bond donors (Lipinski definition) is 0. The molecule has 1 fully saturated rings. The third-order valence-electron chi connectivity index (χ3n) is 3.94. The molecule has 21 heavy (non-hydrogen) atoms. The summed E-state index contributed by atoms with van der Waals surface area (Å²) in [5.41, 5.74) is 0.119. The average Bonchev–Trinajstić information content (AvgIpc) is 3.25. The third-order valence-corrected chi connectivity index (χ3v) is 5.98. The van der Waals surface area contributed by atoms with Gasteiger partial charge in [-0.3, -0.25) is 4.79 Å². The van der Waals surface area contributed by atoms with E-state index in [1.54, 1.807) is 11.8 Å². The number of fused-ring (bicyclic) bond motifs is 1. The number of ether oxygens (including phenoxy) is 1. The van der Waals surface area contributed by atoms with Gasteiger partial charge in [0.25, 0.3) is 0 Å². The normalized spacial score (nSPS) is 15.9. The molecule has 0 radical (unpaired) electrons. The van der Waals surface area contributed by atoms with Crippen LogP contribution >= 0.6 is 27.7 Å². The van der Waals surface area contributed by atoms with Crippen molar-refractivity contribution in [2.24, 2.45) is 5.41 Å². The van der Waals surface area contributed by atoms with E-state index in [4.69, 9.17) is 4.74 Å².